The summed E-state index contributed by atoms with van der Waals surface area (Å²) in [7, 11) is 1.53. The lowest BCUT2D eigenvalue weighted by molar-refractivity contribution is 0.0734. The topological polar surface area (TPSA) is 86.9 Å². The fourth-order valence-electron chi connectivity index (χ4n) is 2.36. The van der Waals surface area contributed by atoms with Gasteiger partial charge in [0.05, 0.1) is 0 Å². The lowest BCUT2D eigenvalue weighted by Crippen LogP contribution is -2.39. The van der Waals surface area contributed by atoms with E-state index in [0.717, 1.165) is 12.0 Å². The van der Waals surface area contributed by atoms with Crippen molar-refractivity contribution < 1.29 is 14.7 Å². The molecule has 1 heterocycles. The lowest BCUT2D eigenvalue weighted by atomic mass is 9.98. The van der Waals surface area contributed by atoms with Gasteiger partial charge >= 0.3 is 6.09 Å². The van der Waals surface area contributed by atoms with Crippen molar-refractivity contribution >= 4 is 17.7 Å². The van der Waals surface area contributed by atoms with Crippen molar-refractivity contribution in [3.8, 4) is 0 Å². The normalized spacial score (nSPS) is 14.1. The summed E-state index contributed by atoms with van der Waals surface area (Å²) in [6, 6.07) is 5.35. The third-order valence-electron chi connectivity index (χ3n) is 3.55. The molecule has 0 saturated heterocycles. The van der Waals surface area contributed by atoms with Crippen molar-refractivity contribution in [1.82, 2.24) is 9.80 Å². The van der Waals surface area contributed by atoms with Crippen LogP contribution in [0.25, 0.3) is 0 Å². The SMILES string of the molecule is CN(CCCN1CCc2cc(N)ccc2C1=O)C(=O)O. The number of anilines is 1. The van der Waals surface area contributed by atoms with Gasteiger partial charge in [0.1, 0.15) is 0 Å². The van der Waals surface area contributed by atoms with E-state index in [1.807, 2.05) is 6.07 Å². The Hall–Kier alpha value is -2.24. The molecule has 0 bridgehead atoms. The lowest BCUT2D eigenvalue weighted by Gasteiger charge is -2.29. The number of nitrogen functional groups attached to an aromatic ring is 1. The second-order valence-corrected chi connectivity index (χ2v) is 5.02. The van der Waals surface area contributed by atoms with E-state index >= 15 is 0 Å². The molecule has 0 radical (unpaired) electrons. The molecule has 0 unspecified atom stereocenters. The second-order valence-electron chi connectivity index (χ2n) is 5.02. The zero-order valence-corrected chi connectivity index (χ0v) is 11.5. The van der Waals surface area contributed by atoms with Crippen LogP contribution < -0.4 is 5.73 Å². The fourth-order valence-corrected chi connectivity index (χ4v) is 2.36. The molecule has 0 aromatic heterocycles. The Morgan fingerprint density at radius 2 is 2.25 bits per heavy atom. The van der Waals surface area contributed by atoms with Crippen molar-refractivity contribution in [2.45, 2.75) is 12.8 Å². The van der Waals surface area contributed by atoms with Crippen LogP contribution in [0.4, 0.5) is 10.5 Å². The molecule has 0 atom stereocenters. The van der Waals surface area contributed by atoms with E-state index in [1.54, 1.807) is 17.0 Å². The van der Waals surface area contributed by atoms with Gasteiger partial charge in [0.2, 0.25) is 0 Å². The summed E-state index contributed by atoms with van der Waals surface area (Å²) in [6.07, 6.45) is 0.482. The molecule has 1 aromatic carbocycles. The van der Waals surface area contributed by atoms with Crippen LogP contribution in [0.3, 0.4) is 0 Å². The number of carbonyl (C=O) groups is 2. The number of carbonyl (C=O) groups excluding carboxylic acids is 1. The van der Waals surface area contributed by atoms with E-state index < -0.39 is 6.09 Å². The van der Waals surface area contributed by atoms with Gasteiger partial charge in [-0.2, -0.15) is 0 Å². The molecule has 20 heavy (non-hydrogen) atoms. The van der Waals surface area contributed by atoms with Gasteiger partial charge in [0.15, 0.2) is 0 Å². The smallest absolute Gasteiger partial charge is 0.407 e. The molecule has 0 saturated carbocycles. The van der Waals surface area contributed by atoms with Crippen LogP contribution in [0.1, 0.15) is 22.3 Å². The van der Waals surface area contributed by atoms with Crippen LogP contribution in [0, 0.1) is 0 Å². The maximum atomic E-state index is 12.3. The molecule has 3 N–H and O–H groups in total. The van der Waals surface area contributed by atoms with E-state index in [1.165, 1.54) is 11.9 Å². The molecule has 1 aromatic rings. The first kappa shape index (κ1) is 14.2. The van der Waals surface area contributed by atoms with Crippen LogP contribution in [-0.4, -0.2) is 53.6 Å². The van der Waals surface area contributed by atoms with Crippen LogP contribution in [-0.2, 0) is 6.42 Å². The Balaban J connectivity index is 1.94. The van der Waals surface area contributed by atoms with Gasteiger partial charge in [-0.25, -0.2) is 4.79 Å². The average Bonchev–Trinajstić information content (AvgIpc) is 2.41. The molecule has 108 valence electrons. The highest BCUT2D eigenvalue weighted by Crippen LogP contribution is 2.21. The highest BCUT2D eigenvalue weighted by atomic mass is 16.4. The highest BCUT2D eigenvalue weighted by molar-refractivity contribution is 5.97. The Bertz CT molecular complexity index is 530. The van der Waals surface area contributed by atoms with E-state index in [4.69, 9.17) is 10.8 Å². The quantitative estimate of drug-likeness (QED) is 0.811. The number of hydrogen-bond acceptors (Lipinski definition) is 3. The summed E-state index contributed by atoms with van der Waals surface area (Å²) in [5.41, 5.74) is 8.09. The van der Waals surface area contributed by atoms with E-state index in [2.05, 4.69) is 0 Å². The maximum Gasteiger partial charge on any atom is 0.407 e. The third kappa shape index (κ3) is 3.01. The van der Waals surface area contributed by atoms with E-state index in [0.29, 0.717) is 37.3 Å². The van der Waals surface area contributed by atoms with Crippen LogP contribution in [0.2, 0.25) is 0 Å². The molecule has 6 heteroatoms. The van der Waals surface area contributed by atoms with Crippen molar-refractivity contribution in [3.63, 3.8) is 0 Å². The third-order valence-corrected chi connectivity index (χ3v) is 3.55. The first-order valence-corrected chi connectivity index (χ1v) is 6.61. The highest BCUT2D eigenvalue weighted by Gasteiger charge is 2.23. The molecule has 6 nitrogen and oxygen atoms in total. The number of carboxylic acid groups (broad SMARTS) is 1. The van der Waals surface area contributed by atoms with Gasteiger partial charge in [-0.1, -0.05) is 0 Å². The number of nitrogens with two attached hydrogens (primary N) is 1. The minimum atomic E-state index is -0.948. The van der Waals surface area contributed by atoms with Crippen LogP contribution >= 0.6 is 0 Å². The van der Waals surface area contributed by atoms with Gasteiger partial charge in [-0.3, -0.25) is 4.79 Å². The van der Waals surface area contributed by atoms with Crippen LogP contribution in [0.5, 0.6) is 0 Å². The molecule has 1 aliphatic heterocycles. The zero-order chi connectivity index (χ0) is 14.7. The fraction of sp³-hybridized carbons (Fsp3) is 0.429. The van der Waals surface area contributed by atoms with Gasteiger partial charge in [-0.05, 0) is 36.6 Å². The monoisotopic (exact) mass is 277 g/mol. The standard InChI is InChI=1S/C14H19N3O3/c1-16(14(19)20)6-2-7-17-8-5-10-9-11(15)3-4-12(10)13(17)18/h3-4,9H,2,5-8,15H2,1H3,(H,19,20). The van der Waals surface area contributed by atoms with Crippen molar-refractivity contribution in [2.24, 2.45) is 0 Å². The van der Waals surface area contributed by atoms with E-state index in [-0.39, 0.29) is 5.91 Å². The molecular weight excluding hydrogens is 258 g/mol. The summed E-state index contributed by atoms with van der Waals surface area (Å²) in [5.74, 6) is 0.00391. The Morgan fingerprint density at radius 1 is 1.50 bits per heavy atom. The molecular formula is C14H19N3O3. The number of amides is 2. The van der Waals surface area contributed by atoms with Gasteiger partial charge in [0, 0.05) is 37.9 Å². The zero-order valence-electron chi connectivity index (χ0n) is 11.5. The molecule has 1 aliphatic rings. The van der Waals surface area contributed by atoms with Crippen molar-refractivity contribution in [1.29, 1.82) is 0 Å². The Morgan fingerprint density at radius 3 is 2.95 bits per heavy atom. The summed E-state index contributed by atoms with van der Waals surface area (Å²) in [5, 5.41) is 8.76. The first-order chi connectivity index (χ1) is 9.49. The van der Waals surface area contributed by atoms with Crippen molar-refractivity contribution in [3.05, 3.63) is 29.3 Å². The number of hydrogen-bond donors (Lipinski definition) is 2. The van der Waals surface area contributed by atoms with Gasteiger partial charge in [0.25, 0.3) is 5.91 Å². The molecule has 2 amide bonds. The summed E-state index contributed by atoms with van der Waals surface area (Å²) < 4.78 is 0. The number of rotatable bonds is 4. The molecule has 0 fully saturated rings. The van der Waals surface area contributed by atoms with E-state index in [9.17, 15) is 9.59 Å². The summed E-state index contributed by atoms with van der Waals surface area (Å²) in [6.45, 7) is 1.65. The average molecular weight is 277 g/mol. The molecule has 2 rings (SSSR count). The minimum Gasteiger partial charge on any atom is -0.465 e. The maximum absolute atomic E-state index is 12.3. The summed E-state index contributed by atoms with van der Waals surface area (Å²) >= 11 is 0. The van der Waals surface area contributed by atoms with Gasteiger partial charge in [-0.15, -0.1) is 0 Å². The molecule has 0 aliphatic carbocycles. The predicted octanol–water partition coefficient (Wildman–Crippen LogP) is 1.27. The summed E-state index contributed by atoms with van der Waals surface area (Å²) in [4.78, 5) is 26.0. The number of benzene rings is 1. The Labute approximate surface area is 117 Å². The first-order valence-electron chi connectivity index (χ1n) is 6.61. The molecule has 0 spiro atoms. The largest absolute Gasteiger partial charge is 0.465 e. The number of nitrogens with zero attached hydrogens (tertiary/aromatic N) is 2. The number of fused-ring (bicyclic) bond motifs is 1. The van der Waals surface area contributed by atoms with Crippen molar-refractivity contribution in [2.75, 3.05) is 32.4 Å². The second kappa shape index (κ2) is 5.81. The van der Waals surface area contributed by atoms with Crippen LogP contribution in [0.15, 0.2) is 18.2 Å². The predicted molar refractivity (Wildman–Crippen MR) is 75.7 cm³/mol. The minimum absolute atomic E-state index is 0.00391. The van der Waals surface area contributed by atoms with Gasteiger partial charge < -0.3 is 20.6 Å². The Kier molecular flexibility index (Phi) is 4.12.